The number of hydrogen-bond donors (Lipinski definition) is 1. The van der Waals surface area contributed by atoms with Gasteiger partial charge >= 0.3 is 0 Å². The highest BCUT2D eigenvalue weighted by Gasteiger charge is 2.07. The predicted molar refractivity (Wildman–Crippen MR) is 78.6 cm³/mol. The van der Waals surface area contributed by atoms with Crippen molar-refractivity contribution in [1.29, 1.82) is 0 Å². The van der Waals surface area contributed by atoms with E-state index in [2.05, 4.69) is 0 Å². The number of rotatable bonds is 7. The van der Waals surface area contributed by atoms with Crippen molar-refractivity contribution in [2.24, 2.45) is 0 Å². The Morgan fingerprint density at radius 2 is 2.21 bits per heavy atom. The number of benzene rings is 1. The molecule has 1 rings (SSSR count). The highest BCUT2D eigenvalue weighted by molar-refractivity contribution is 5.91. The average molecular weight is 262 g/mol. The lowest BCUT2D eigenvalue weighted by Crippen LogP contribution is -2.32. The van der Waals surface area contributed by atoms with Crippen molar-refractivity contribution in [2.45, 2.75) is 13.8 Å². The molecule has 1 aromatic rings. The van der Waals surface area contributed by atoms with Crippen molar-refractivity contribution >= 4 is 17.7 Å². The van der Waals surface area contributed by atoms with E-state index in [0.717, 1.165) is 5.56 Å². The van der Waals surface area contributed by atoms with Gasteiger partial charge in [0.05, 0.1) is 6.61 Å². The summed E-state index contributed by atoms with van der Waals surface area (Å²) >= 11 is 0. The topological polar surface area (TPSA) is 55.6 Å². The number of nitrogen functional groups attached to an aromatic ring is 1. The molecule has 0 atom stereocenters. The Morgan fingerprint density at radius 1 is 1.42 bits per heavy atom. The number of carbonyl (C=O) groups is 1. The normalized spacial score (nSPS) is 10.8. The first-order chi connectivity index (χ1) is 9.17. The lowest BCUT2D eigenvalue weighted by molar-refractivity contribution is -0.126. The SMILES string of the molecule is CCOCCN(CC)C(=O)/C=C/c1cccc(N)c1. The Hall–Kier alpha value is -1.81. The maximum absolute atomic E-state index is 12.0. The van der Waals surface area contributed by atoms with Gasteiger partial charge < -0.3 is 15.4 Å². The molecule has 0 radical (unpaired) electrons. The van der Waals surface area contributed by atoms with E-state index in [1.165, 1.54) is 0 Å². The second-order valence-corrected chi connectivity index (χ2v) is 4.12. The van der Waals surface area contributed by atoms with Gasteiger partial charge in [-0.25, -0.2) is 0 Å². The molecular formula is C15H22N2O2. The number of nitrogens with zero attached hydrogens (tertiary/aromatic N) is 1. The quantitative estimate of drug-likeness (QED) is 0.465. The number of amides is 1. The first-order valence-electron chi connectivity index (χ1n) is 6.57. The minimum atomic E-state index is -0.00960. The van der Waals surface area contributed by atoms with Gasteiger partial charge in [0, 0.05) is 31.5 Å². The third-order valence-electron chi connectivity index (χ3n) is 2.73. The molecule has 0 spiro atoms. The first-order valence-corrected chi connectivity index (χ1v) is 6.57. The molecule has 104 valence electrons. The molecule has 2 N–H and O–H groups in total. The Morgan fingerprint density at radius 3 is 2.84 bits per heavy atom. The van der Waals surface area contributed by atoms with E-state index in [-0.39, 0.29) is 5.91 Å². The summed E-state index contributed by atoms with van der Waals surface area (Å²) in [7, 11) is 0. The largest absolute Gasteiger partial charge is 0.399 e. The Bertz CT molecular complexity index is 430. The molecule has 0 heterocycles. The molecule has 1 aromatic carbocycles. The van der Waals surface area contributed by atoms with Crippen molar-refractivity contribution in [2.75, 3.05) is 32.0 Å². The summed E-state index contributed by atoms with van der Waals surface area (Å²) in [5.41, 5.74) is 7.30. The second kappa shape index (κ2) is 8.32. The molecule has 4 nitrogen and oxygen atoms in total. The van der Waals surface area contributed by atoms with Crippen LogP contribution in [0, 0.1) is 0 Å². The standard InChI is InChI=1S/C15H22N2O2/c1-3-17(10-11-19-4-2)15(18)9-8-13-6-5-7-14(16)12-13/h5-9,12H,3-4,10-11,16H2,1-2H3/b9-8+. The third-order valence-corrected chi connectivity index (χ3v) is 2.73. The van der Waals surface area contributed by atoms with E-state index in [9.17, 15) is 4.79 Å². The lowest BCUT2D eigenvalue weighted by atomic mass is 10.2. The predicted octanol–water partition coefficient (Wildman–Crippen LogP) is 2.17. The van der Waals surface area contributed by atoms with Gasteiger partial charge in [0.2, 0.25) is 5.91 Å². The molecule has 0 bridgehead atoms. The molecule has 0 aromatic heterocycles. The van der Waals surface area contributed by atoms with E-state index in [1.54, 1.807) is 17.1 Å². The van der Waals surface area contributed by atoms with E-state index in [0.29, 0.717) is 32.0 Å². The van der Waals surface area contributed by atoms with E-state index in [4.69, 9.17) is 10.5 Å². The Kier molecular flexibility index (Phi) is 6.68. The number of nitrogens with two attached hydrogens (primary N) is 1. The van der Waals surface area contributed by atoms with Crippen LogP contribution in [0.25, 0.3) is 6.08 Å². The van der Waals surface area contributed by atoms with Gasteiger partial charge in [-0.15, -0.1) is 0 Å². The monoisotopic (exact) mass is 262 g/mol. The molecule has 4 heteroatoms. The van der Waals surface area contributed by atoms with Crippen LogP contribution in [0.4, 0.5) is 5.69 Å². The molecule has 0 unspecified atom stereocenters. The van der Waals surface area contributed by atoms with Crippen molar-refractivity contribution in [3.8, 4) is 0 Å². The maximum atomic E-state index is 12.0. The van der Waals surface area contributed by atoms with E-state index in [1.807, 2.05) is 38.1 Å². The zero-order valence-corrected chi connectivity index (χ0v) is 11.6. The van der Waals surface area contributed by atoms with Gasteiger partial charge in [-0.1, -0.05) is 12.1 Å². The molecule has 0 saturated heterocycles. The van der Waals surface area contributed by atoms with Crippen molar-refractivity contribution in [3.63, 3.8) is 0 Å². The fraction of sp³-hybridized carbons (Fsp3) is 0.400. The fourth-order valence-electron chi connectivity index (χ4n) is 1.68. The summed E-state index contributed by atoms with van der Waals surface area (Å²) in [6, 6.07) is 7.43. The molecular weight excluding hydrogens is 240 g/mol. The highest BCUT2D eigenvalue weighted by atomic mass is 16.5. The summed E-state index contributed by atoms with van der Waals surface area (Å²) in [4.78, 5) is 13.7. The van der Waals surface area contributed by atoms with Gasteiger partial charge in [0.1, 0.15) is 0 Å². The van der Waals surface area contributed by atoms with E-state index < -0.39 is 0 Å². The lowest BCUT2D eigenvalue weighted by Gasteiger charge is -2.18. The summed E-state index contributed by atoms with van der Waals surface area (Å²) in [5, 5.41) is 0. The van der Waals surface area contributed by atoms with Crippen LogP contribution in [0.2, 0.25) is 0 Å². The van der Waals surface area contributed by atoms with Gasteiger partial charge in [-0.2, -0.15) is 0 Å². The van der Waals surface area contributed by atoms with Gasteiger partial charge in [0.15, 0.2) is 0 Å². The fourth-order valence-corrected chi connectivity index (χ4v) is 1.68. The summed E-state index contributed by atoms with van der Waals surface area (Å²) in [5.74, 6) is -0.00960. The Balaban J connectivity index is 2.56. The molecule has 0 saturated carbocycles. The van der Waals surface area contributed by atoms with Crippen LogP contribution >= 0.6 is 0 Å². The van der Waals surface area contributed by atoms with Crippen LogP contribution in [0.15, 0.2) is 30.3 Å². The summed E-state index contributed by atoms with van der Waals surface area (Å²) in [6.45, 7) is 6.43. The van der Waals surface area contributed by atoms with Crippen LogP contribution < -0.4 is 5.73 Å². The zero-order chi connectivity index (χ0) is 14.1. The second-order valence-electron chi connectivity index (χ2n) is 4.12. The number of likely N-dealkylation sites (N-methyl/N-ethyl adjacent to an activating group) is 1. The van der Waals surface area contributed by atoms with Crippen molar-refractivity contribution < 1.29 is 9.53 Å². The number of carbonyl (C=O) groups excluding carboxylic acids is 1. The smallest absolute Gasteiger partial charge is 0.246 e. The van der Waals surface area contributed by atoms with E-state index >= 15 is 0 Å². The first kappa shape index (κ1) is 15.2. The summed E-state index contributed by atoms with van der Waals surface area (Å²) < 4.78 is 5.26. The van der Waals surface area contributed by atoms with Gasteiger partial charge in [0.25, 0.3) is 0 Å². The zero-order valence-electron chi connectivity index (χ0n) is 11.6. The minimum absolute atomic E-state index is 0.00960. The van der Waals surface area contributed by atoms with Crippen LogP contribution in [0.3, 0.4) is 0 Å². The van der Waals surface area contributed by atoms with Crippen LogP contribution in [0.1, 0.15) is 19.4 Å². The van der Waals surface area contributed by atoms with Gasteiger partial charge in [-0.05, 0) is 37.6 Å². The molecule has 0 aliphatic carbocycles. The average Bonchev–Trinajstić information content (AvgIpc) is 2.41. The molecule has 0 fully saturated rings. The van der Waals surface area contributed by atoms with Crippen LogP contribution in [-0.2, 0) is 9.53 Å². The molecule has 0 aliphatic rings. The van der Waals surface area contributed by atoms with Crippen molar-refractivity contribution in [1.82, 2.24) is 4.90 Å². The molecule has 19 heavy (non-hydrogen) atoms. The van der Waals surface area contributed by atoms with Crippen LogP contribution in [0.5, 0.6) is 0 Å². The Labute approximate surface area is 114 Å². The maximum Gasteiger partial charge on any atom is 0.246 e. The highest BCUT2D eigenvalue weighted by Crippen LogP contribution is 2.08. The number of anilines is 1. The molecule has 0 aliphatic heterocycles. The third kappa shape index (κ3) is 5.57. The summed E-state index contributed by atoms with van der Waals surface area (Å²) in [6.07, 6.45) is 3.35. The molecule has 1 amide bonds. The number of hydrogen-bond acceptors (Lipinski definition) is 3. The van der Waals surface area contributed by atoms with Gasteiger partial charge in [-0.3, -0.25) is 4.79 Å². The number of ether oxygens (including phenoxy) is 1. The van der Waals surface area contributed by atoms with Crippen LogP contribution in [-0.4, -0.2) is 37.1 Å². The minimum Gasteiger partial charge on any atom is -0.399 e. The van der Waals surface area contributed by atoms with Crippen molar-refractivity contribution in [3.05, 3.63) is 35.9 Å².